The molecular formula is C13H24N2O2. The number of likely N-dealkylation sites (tertiary alicyclic amines) is 1. The molecule has 0 bridgehead atoms. The van der Waals surface area contributed by atoms with Gasteiger partial charge in [0.2, 0.25) is 5.91 Å². The van der Waals surface area contributed by atoms with E-state index in [1.54, 1.807) is 0 Å². The number of carbonyl (C=O) groups excluding carboxylic acids is 1. The van der Waals surface area contributed by atoms with E-state index >= 15 is 0 Å². The summed E-state index contributed by atoms with van der Waals surface area (Å²) in [6.45, 7) is 3.98. The van der Waals surface area contributed by atoms with E-state index in [0.717, 1.165) is 38.8 Å². The molecule has 0 aromatic heterocycles. The van der Waals surface area contributed by atoms with E-state index in [1.165, 1.54) is 0 Å². The van der Waals surface area contributed by atoms with Crippen molar-refractivity contribution in [1.29, 1.82) is 0 Å². The van der Waals surface area contributed by atoms with Crippen LogP contribution in [0.3, 0.4) is 0 Å². The Hall–Kier alpha value is -0.610. The van der Waals surface area contributed by atoms with Crippen molar-refractivity contribution in [2.75, 3.05) is 19.6 Å². The highest BCUT2D eigenvalue weighted by atomic mass is 16.3. The maximum Gasteiger partial charge on any atom is 0.226 e. The van der Waals surface area contributed by atoms with Crippen LogP contribution in [-0.2, 0) is 4.79 Å². The number of hydrogen-bond donors (Lipinski definition) is 2. The molecule has 1 amide bonds. The Morgan fingerprint density at radius 3 is 2.82 bits per heavy atom. The number of aliphatic hydroxyl groups is 1. The molecule has 0 aromatic rings. The topological polar surface area (TPSA) is 66.6 Å². The van der Waals surface area contributed by atoms with Gasteiger partial charge in [-0.15, -0.1) is 0 Å². The first-order valence-corrected chi connectivity index (χ1v) is 6.80. The lowest BCUT2D eigenvalue weighted by molar-refractivity contribution is -0.135. The average Bonchev–Trinajstić information content (AvgIpc) is 2.96. The Morgan fingerprint density at radius 1 is 1.47 bits per heavy atom. The molecule has 2 fully saturated rings. The molecule has 98 valence electrons. The molecule has 4 heteroatoms. The number of rotatable bonds is 3. The van der Waals surface area contributed by atoms with E-state index in [1.807, 2.05) is 11.8 Å². The van der Waals surface area contributed by atoms with Gasteiger partial charge in [0.25, 0.3) is 0 Å². The minimum absolute atomic E-state index is 0.146. The molecule has 3 N–H and O–H groups in total. The molecule has 1 heterocycles. The summed E-state index contributed by atoms with van der Waals surface area (Å²) in [6.07, 6.45) is 3.86. The van der Waals surface area contributed by atoms with Crippen LogP contribution >= 0.6 is 0 Å². The normalized spacial score (nSPS) is 35.2. The van der Waals surface area contributed by atoms with Gasteiger partial charge in [-0.3, -0.25) is 4.79 Å². The summed E-state index contributed by atoms with van der Waals surface area (Å²) in [5, 5.41) is 9.56. The Kier molecular flexibility index (Phi) is 4.05. The SMILES string of the molecule is CC(O)C1CCN(C(=O)C2CCCC2CN)C1. The first-order chi connectivity index (χ1) is 8.13. The molecule has 4 nitrogen and oxygen atoms in total. The lowest BCUT2D eigenvalue weighted by Crippen LogP contribution is -2.38. The molecule has 4 unspecified atom stereocenters. The summed E-state index contributed by atoms with van der Waals surface area (Å²) in [5.41, 5.74) is 5.73. The fourth-order valence-electron chi connectivity index (χ4n) is 3.26. The van der Waals surface area contributed by atoms with E-state index in [4.69, 9.17) is 5.73 Å². The second kappa shape index (κ2) is 5.36. The van der Waals surface area contributed by atoms with Crippen molar-refractivity contribution in [3.8, 4) is 0 Å². The molecule has 0 aromatic carbocycles. The van der Waals surface area contributed by atoms with Gasteiger partial charge in [-0.1, -0.05) is 6.42 Å². The number of aliphatic hydroxyl groups excluding tert-OH is 1. The molecule has 1 saturated carbocycles. The number of amides is 1. The van der Waals surface area contributed by atoms with E-state index in [-0.39, 0.29) is 23.8 Å². The first kappa shape index (κ1) is 12.8. The fourth-order valence-corrected chi connectivity index (χ4v) is 3.26. The highest BCUT2D eigenvalue weighted by Crippen LogP contribution is 2.34. The average molecular weight is 240 g/mol. The number of nitrogens with two attached hydrogens (primary N) is 1. The van der Waals surface area contributed by atoms with Crippen molar-refractivity contribution in [3.63, 3.8) is 0 Å². The van der Waals surface area contributed by atoms with Gasteiger partial charge in [0, 0.05) is 24.9 Å². The zero-order chi connectivity index (χ0) is 12.4. The molecule has 1 aliphatic heterocycles. The predicted octanol–water partition coefficient (Wildman–Crippen LogP) is 0.591. The third-order valence-electron chi connectivity index (χ3n) is 4.50. The number of nitrogens with zero attached hydrogens (tertiary/aromatic N) is 1. The summed E-state index contributed by atoms with van der Waals surface area (Å²) in [7, 11) is 0. The van der Waals surface area contributed by atoms with Crippen LogP contribution in [0, 0.1) is 17.8 Å². The molecule has 1 aliphatic carbocycles. The lowest BCUT2D eigenvalue weighted by atomic mass is 9.95. The maximum atomic E-state index is 12.4. The standard InChI is InChI=1S/C13H24N2O2/c1-9(16)11-5-6-15(8-11)13(17)12-4-2-3-10(12)7-14/h9-12,16H,2-8,14H2,1H3. The minimum atomic E-state index is -0.304. The summed E-state index contributed by atoms with van der Waals surface area (Å²) in [5.74, 6) is 1.07. The van der Waals surface area contributed by atoms with Gasteiger partial charge < -0.3 is 15.7 Å². The van der Waals surface area contributed by atoms with Crippen LogP contribution in [0.1, 0.15) is 32.6 Å². The number of hydrogen-bond acceptors (Lipinski definition) is 3. The van der Waals surface area contributed by atoms with E-state index in [9.17, 15) is 9.90 Å². The monoisotopic (exact) mass is 240 g/mol. The van der Waals surface area contributed by atoms with Crippen molar-refractivity contribution in [1.82, 2.24) is 4.90 Å². The van der Waals surface area contributed by atoms with Crippen LogP contribution in [0.15, 0.2) is 0 Å². The first-order valence-electron chi connectivity index (χ1n) is 6.80. The van der Waals surface area contributed by atoms with Crippen molar-refractivity contribution < 1.29 is 9.90 Å². The molecule has 4 atom stereocenters. The predicted molar refractivity (Wildman–Crippen MR) is 66.3 cm³/mol. The third kappa shape index (κ3) is 2.63. The van der Waals surface area contributed by atoms with Crippen LogP contribution in [0.25, 0.3) is 0 Å². The smallest absolute Gasteiger partial charge is 0.226 e. The van der Waals surface area contributed by atoms with E-state index in [0.29, 0.717) is 12.5 Å². The van der Waals surface area contributed by atoms with E-state index in [2.05, 4.69) is 0 Å². The van der Waals surface area contributed by atoms with Crippen molar-refractivity contribution in [2.24, 2.45) is 23.5 Å². The van der Waals surface area contributed by atoms with Gasteiger partial charge in [-0.25, -0.2) is 0 Å². The van der Waals surface area contributed by atoms with Crippen molar-refractivity contribution in [2.45, 2.75) is 38.7 Å². The Morgan fingerprint density at radius 2 is 2.24 bits per heavy atom. The van der Waals surface area contributed by atoms with Crippen molar-refractivity contribution >= 4 is 5.91 Å². The third-order valence-corrected chi connectivity index (χ3v) is 4.50. The summed E-state index contributed by atoms with van der Waals surface area (Å²) >= 11 is 0. The maximum absolute atomic E-state index is 12.4. The van der Waals surface area contributed by atoms with Crippen LogP contribution < -0.4 is 5.73 Å². The van der Waals surface area contributed by atoms with E-state index < -0.39 is 0 Å². The summed E-state index contributed by atoms with van der Waals surface area (Å²) < 4.78 is 0. The molecule has 17 heavy (non-hydrogen) atoms. The Balaban J connectivity index is 1.92. The van der Waals surface area contributed by atoms with Gasteiger partial charge in [0.1, 0.15) is 0 Å². The van der Waals surface area contributed by atoms with Gasteiger partial charge in [0.15, 0.2) is 0 Å². The van der Waals surface area contributed by atoms with Crippen molar-refractivity contribution in [3.05, 3.63) is 0 Å². The van der Waals surface area contributed by atoms with Gasteiger partial charge >= 0.3 is 0 Å². The summed E-state index contributed by atoms with van der Waals surface area (Å²) in [4.78, 5) is 14.3. The molecule has 0 spiro atoms. The second-order valence-corrected chi connectivity index (χ2v) is 5.61. The minimum Gasteiger partial charge on any atom is -0.393 e. The van der Waals surface area contributed by atoms with Crippen LogP contribution in [0.5, 0.6) is 0 Å². The zero-order valence-electron chi connectivity index (χ0n) is 10.6. The van der Waals surface area contributed by atoms with Crippen LogP contribution in [-0.4, -0.2) is 41.7 Å². The Bertz CT molecular complexity index is 281. The second-order valence-electron chi connectivity index (χ2n) is 5.61. The van der Waals surface area contributed by atoms with Crippen LogP contribution in [0.4, 0.5) is 0 Å². The molecule has 2 aliphatic rings. The van der Waals surface area contributed by atoms with Gasteiger partial charge in [0.05, 0.1) is 6.10 Å². The van der Waals surface area contributed by atoms with Gasteiger partial charge in [-0.05, 0) is 38.6 Å². The fraction of sp³-hybridized carbons (Fsp3) is 0.923. The molecule has 1 saturated heterocycles. The zero-order valence-corrected chi connectivity index (χ0v) is 10.6. The largest absolute Gasteiger partial charge is 0.393 e. The highest BCUT2D eigenvalue weighted by molar-refractivity contribution is 5.79. The number of carbonyl (C=O) groups is 1. The van der Waals surface area contributed by atoms with Crippen LogP contribution in [0.2, 0.25) is 0 Å². The molecule has 2 rings (SSSR count). The highest BCUT2D eigenvalue weighted by Gasteiger charge is 2.37. The molecule has 0 radical (unpaired) electrons. The Labute approximate surface area is 103 Å². The lowest BCUT2D eigenvalue weighted by Gasteiger charge is -2.24. The quantitative estimate of drug-likeness (QED) is 0.759. The van der Waals surface area contributed by atoms with Gasteiger partial charge in [-0.2, -0.15) is 0 Å². The molecular weight excluding hydrogens is 216 g/mol. The summed E-state index contributed by atoms with van der Waals surface area (Å²) in [6, 6.07) is 0.